The van der Waals surface area contributed by atoms with E-state index in [-0.39, 0.29) is 24.7 Å². The average Bonchev–Trinajstić information content (AvgIpc) is 2.91. The Kier molecular flexibility index (Phi) is 5.97. The van der Waals surface area contributed by atoms with Gasteiger partial charge in [-0.15, -0.1) is 0 Å². The third-order valence-electron chi connectivity index (χ3n) is 5.11. The maximum Gasteiger partial charge on any atom is 0.391 e. The van der Waals surface area contributed by atoms with Gasteiger partial charge >= 0.3 is 6.18 Å². The predicted octanol–water partition coefficient (Wildman–Crippen LogP) is 4.28. The molecule has 2 aliphatic carbocycles. The van der Waals surface area contributed by atoms with Crippen molar-refractivity contribution >= 4 is 21.8 Å². The Morgan fingerprint density at radius 3 is 2.24 bits per heavy atom. The molecule has 2 unspecified atom stereocenters. The van der Waals surface area contributed by atoms with Gasteiger partial charge in [0.25, 0.3) is 0 Å². The zero-order valence-electron chi connectivity index (χ0n) is 12.1. The van der Waals surface area contributed by atoms with Gasteiger partial charge in [0.1, 0.15) is 0 Å². The Bertz CT molecular complexity index is 353. The number of amides is 1. The lowest BCUT2D eigenvalue weighted by molar-refractivity contribution is -0.184. The number of hydrogen-bond acceptors (Lipinski definition) is 1. The van der Waals surface area contributed by atoms with E-state index < -0.39 is 12.1 Å². The fraction of sp³-hybridized carbons (Fsp3) is 0.933. The second-order valence-electron chi connectivity index (χ2n) is 6.44. The summed E-state index contributed by atoms with van der Waals surface area (Å²) in [5.41, 5.74) is 0. The van der Waals surface area contributed by atoms with Gasteiger partial charge in [0.2, 0.25) is 5.91 Å². The minimum absolute atomic E-state index is 0.0455. The highest BCUT2D eigenvalue weighted by molar-refractivity contribution is 9.09. The molecule has 0 spiro atoms. The Balaban J connectivity index is 1.73. The molecule has 1 amide bonds. The van der Waals surface area contributed by atoms with Gasteiger partial charge in [-0.3, -0.25) is 4.79 Å². The van der Waals surface area contributed by atoms with Gasteiger partial charge in [-0.25, -0.2) is 0 Å². The summed E-state index contributed by atoms with van der Waals surface area (Å²) in [6.45, 7) is 0.675. The summed E-state index contributed by atoms with van der Waals surface area (Å²) in [5.74, 6) is -0.358. The second-order valence-corrected chi connectivity index (χ2v) is 7.09. The Morgan fingerprint density at radius 1 is 1.05 bits per heavy atom. The smallest absolute Gasteiger partial charge is 0.356 e. The monoisotopic (exact) mass is 369 g/mol. The second kappa shape index (κ2) is 7.34. The fourth-order valence-electron chi connectivity index (χ4n) is 3.64. The molecule has 6 heteroatoms. The topological polar surface area (TPSA) is 29.1 Å². The lowest BCUT2D eigenvalue weighted by atomic mass is 9.81. The van der Waals surface area contributed by atoms with E-state index in [0.717, 1.165) is 11.8 Å². The molecule has 2 fully saturated rings. The average molecular weight is 370 g/mol. The lowest BCUT2D eigenvalue weighted by Crippen LogP contribution is -2.38. The zero-order valence-corrected chi connectivity index (χ0v) is 13.7. The molecule has 1 N–H and O–H groups in total. The molecule has 2 atom stereocenters. The van der Waals surface area contributed by atoms with Crippen molar-refractivity contribution in [1.29, 1.82) is 0 Å². The zero-order chi connectivity index (χ0) is 15.5. The van der Waals surface area contributed by atoms with Crippen molar-refractivity contribution in [2.24, 2.45) is 23.7 Å². The fourth-order valence-corrected chi connectivity index (χ4v) is 4.50. The van der Waals surface area contributed by atoms with Crippen molar-refractivity contribution in [3.63, 3.8) is 0 Å². The Hall–Kier alpha value is -0.260. The van der Waals surface area contributed by atoms with E-state index in [1.54, 1.807) is 0 Å². The van der Waals surface area contributed by atoms with Crippen LogP contribution < -0.4 is 5.32 Å². The van der Waals surface area contributed by atoms with Gasteiger partial charge in [0.15, 0.2) is 0 Å². The van der Waals surface area contributed by atoms with Crippen molar-refractivity contribution in [2.75, 3.05) is 11.9 Å². The standard InChI is InChI=1S/C15H23BrF3NO/c16-8-11-2-1-3-12(11)9-20-14(21)10-4-6-13(7-5-10)15(17,18)19/h10-13H,1-9H2,(H,20,21). The van der Waals surface area contributed by atoms with Crippen LogP contribution in [0.2, 0.25) is 0 Å². The van der Waals surface area contributed by atoms with Crippen molar-refractivity contribution in [3.05, 3.63) is 0 Å². The summed E-state index contributed by atoms with van der Waals surface area (Å²) in [5, 5.41) is 3.93. The number of halogens is 4. The summed E-state index contributed by atoms with van der Waals surface area (Å²) in [6.07, 6.45) is 0.344. The van der Waals surface area contributed by atoms with Crippen LogP contribution in [-0.4, -0.2) is 24.0 Å². The molecule has 0 aromatic heterocycles. The minimum Gasteiger partial charge on any atom is -0.356 e. The van der Waals surface area contributed by atoms with Crippen molar-refractivity contribution < 1.29 is 18.0 Å². The molecule has 0 saturated heterocycles. The summed E-state index contributed by atoms with van der Waals surface area (Å²) in [4.78, 5) is 12.1. The van der Waals surface area contributed by atoms with Gasteiger partial charge in [-0.1, -0.05) is 22.4 Å². The first-order valence-electron chi connectivity index (χ1n) is 7.82. The molecule has 0 radical (unpaired) electrons. The van der Waals surface area contributed by atoms with Gasteiger partial charge in [0.05, 0.1) is 5.92 Å². The number of alkyl halides is 4. The molecule has 0 aromatic rings. The van der Waals surface area contributed by atoms with Crippen molar-refractivity contribution in [2.45, 2.75) is 51.1 Å². The highest BCUT2D eigenvalue weighted by atomic mass is 79.9. The summed E-state index contributed by atoms with van der Waals surface area (Å²) < 4.78 is 37.8. The maximum atomic E-state index is 12.6. The van der Waals surface area contributed by atoms with E-state index in [1.165, 1.54) is 12.8 Å². The van der Waals surface area contributed by atoms with Crippen LogP contribution in [0.25, 0.3) is 0 Å². The first kappa shape index (κ1) is 17.1. The molecular formula is C15H23BrF3NO. The molecule has 2 rings (SSSR count). The third-order valence-corrected chi connectivity index (χ3v) is 5.95. The van der Waals surface area contributed by atoms with E-state index in [4.69, 9.17) is 0 Å². The molecule has 0 aromatic carbocycles. The van der Waals surface area contributed by atoms with Crippen molar-refractivity contribution in [1.82, 2.24) is 5.32 Å². The highest BCUT2D eigenvalue weighted by Crippen LogP contribution is 2.39. The normalized spacial score (nSPS) is 33.9. The minimum atomic E-state index is -4.10. The van der Waals surface area contributed by atoms with E-state index >= 15 is 0 Å². The molecule has 21 heavy (non-hydrogen) atoms. The third kappa shape index (κ3) is 4.60. The molecule has 2 saturated carbocycles. The van der Waals surface area contributed by atoms with Crippen molar-refractivity contribution in [3.8, 4) is 0 Å². The SMILES string of the molecule is O=C(NCC1CCCC1CBr)C1CCC(C(F)(F)F)CC1. The van der Waals surface area contributed by atoms with Crippen LogP contribution in [-0.2, 0) is 4.79 Å². The van der Waals surface area contributed by atoms with Crippen LogP contribution in [0.1, 0.15) is 44.9 Å². The maximum absolute atomic E-state index is 12.6. The van der Waals surface area contributed by atoms with E-state index in [9.17, 15) is 18.0 Å². The van der Waals surface area contributed by atoms with Gasteiger partial charge in [-0.05, 0) is 50.4 Å². The van der Waals surface area contributed by atoms with E-state index in [1.807, 2.05) is 0 Å². The molecule has 122 valence electrons. The predicted molar refractivity (Wildman–Crippen MR) is 79.1 cm³/mol. The number of nitrogens with one attached hydrogen (secondary N) is 1. The molecular weight excluding hydrogens is 347 g/mol. The number of carbonyl (C=O) groups is 1. The lowest BCUT2D eigenvalue weighted by Gasteiger charge is -2.29. The number of hydrogen-bond donors (Lipinski definition) is 1. The van der Waals surface area contributed by atoms with Crippen LogP contribution in [0.4, 0.5) is 13.2 Å². The van der Waals surface area contributed by atoms with E-state index in [0.29, 0.717) is 31.2 Å². The highest BCUT2D eigenvalue weighted by Gasteiger charge is 2.42. The Labute approximate surface area is 132 Å². The van der Waals surface area contributed by atoms with Gasteiger partial charge in [-0.2, -0.15) is 13.2 Å². The molecule has 0 heterocycles. The van der Waals surface area contributed by atoms with E-state index in [2.05, 4.69) is 21.2 Å². The van der Waals surface area contributed by atoms with Crippen LogP contribution in [0, 0.1) is 23.7 Å². The number of carbonyl (C=O) groups excluding carboxylic acids is 1. The summed E-state index contributed by atoms with van der Waals surface area (Å²) in [7, 11) is 0. The first-order chi connectivity index (χ1) is 9.91. The van der Waals surface area contributed by atoms with Gasteiger partial charge < -0.3 is 5.32 Å². The van der Waals surface area contributed by atoms with Crippen LogP contribution in [0.5, 0.6) is 0 Å². The number of rotatable bonds is 4. The molecule has 0 aliphatic heterocycles. The molecule has 0 bridgehead atoms. The quantitative estimate of drug-likeness (QED) is 0.736. The summed E-state index contributed by atoms with van der Waals surface area (Å²) >= 11 is 3.51. The summed E-state index contributed by atoms with van der Waals surface area (Å²) in [6, 6.07) is 0. The van der Waals surface area contributed by atoms with Crippen LogP contribution >= 0.6 is 15.9 Å². The largest absolute Gasteiger partial charge is 0.391 e. The molecule has 2 aliphatic rings. The Morgan fingerprint density at radius 2 is 1.67 bits per heavy atom. The molecule has 2 nitrogen and oxygen atoms in total. The first-order valence-corrected chi connectivity index (χ1v) is 8.94. The van der Waals surface area contributed by atoms with Gasteiger partial charge in [0, 0.05) is 17.8 Å². The van der Waals surface area contributed by atoms with Crippen LogP contribution in [0.3, 0.4) is 0 Å². The van der Waals surface area contributed by atoms with Crippen LogP contribution in [0.15, 0.2) is 0 Å².